The highest BCUT2D eigenvalue weighted by Crippen LogP contribution is 2.24. The number of unbranched alkanes of at least 4 members (excludes halogenated alkanes) is 1. The van der Waals surface area contributed by atoms with E-state index in [1.54, 1.807) is 29.7 Å². The summed E-state index contributed by atoms with van der Waals surface area (Å²) in [6.45, 7) is 33.5. The molecule has 0 aliphatic carbocycles. The van der Waals surface area contributed by atoms with E-state index in [-0.39, 0.29) is 122 Å². The van der Waals surface area contributed by atoms with Crippen molar-refractivity contribution in [1.29, 1.82) is 0 Å². The zero-order valence-electron chi connectivity index (χ0n) is 79.7. The summed E-state index contributed by atoms with van der Waals surface area (Å²) < 4.78 is 74.1. The number of likely N-dealkylation sites (N-methyl/N-ethyl adjacent to an activating group) is 1. The number of hydrazine groups is 3. The molecule has 0 aliphatic rings. The average Bonchev–Trinajstić information content (AvgIpc) is 0.808. The van der Waals surface area contributed by atoms with Crippen molar-refractivity contribution < 1.29 is 83.7 Å². The Balaban J connectivity index is 0.000000414. The molecule has 0 radical (unpaired) electrons. The smallest absolute Gasteiger partial charge is 0.253 e. The SMILES string of the molecule is CCCCN(CC(O)C(Cc1ccccc1)NC(=O)c1cc(C(=O)N(CCC)CCC)cc(S(N)(=O)=O)c1)NC(=O)CC(C)C.CCCN(CC(O)C(Cc1ccccc1)NC(=O)c1cc(C(=O)N(CCC)CCC)cc(S(N)(=O)=O)c1)NC(=O)CC(C)C.CCCN(CCC)C(=O)c1cc(C(=O)NC(Cc2ccccc2)C(O)CN(CC)NC(=O)CC(C)C)cc(S(N)(=O)=O)c1. The molecule has 132 heavy (non-hydrogen) atoms. The van der Waals surface area contributed by atoms with Gasteiger partial charge in [-0.2, -0.15) is 0 Å². The monoisotopic (exact) mass is 1890 g/mol. The predicted molar refractivity (Wildman–Crippen MR) is 514 cm³/mol. The first-order valence-electron chi connectivity index (χ1n) is 46.0. The molecule has 732 valence electrons. The topological polar surface area (TPSA) is 486 Å². The van der Waals surface area contributed by atoms with E-state index < -0.39 is 102 Å². The summed E-state index contributed by atoms with van der Waals surface area (Å²) in [6.07, 6.45) is 5.05. The molecule has 0 bridgehead atoms. The lowest BCUT2D eigenvalue weighted by molar-refractivity contribution is -0.128. The van der Waals surface area contributed by atoms with Gasteiger partial charge in [-0.3, -0.25) is 59.4 Å². The highest BCUT2D eigenvalue weighted by Gasteiger charge is 2.33. The van der Waals surface area contributed by atoms with E-state index in [1.807, 2.05) is 195 Å². The van der Waals surface area contributed by atoms with Crippen molar-refractivity contribution in [2.24, 2.45) is 33.2 Å². The van der Waals surface area contributed by atoms with Gasteiger partial charge in [0.1, 0.15) is 0 Å². The Labute approximate surface area is 783 Å². The third kappa shape index (κ3) is 41.3. The van der Waals surface area contributed by atoms with E-state index in [0.717, 1.165) is 47.7 Å². The van der Waals surface area contributed by atoms with Crippen LogP contribution in [-0.2, 0) is 63.7 Å². The summed E-state index contributed by atoms with van der Waals surface area (Å²) in [5.74, 6) is -3.24. The summed E-state index contributed by atoms with van der Waals surface area (Å²) in [4.78, 5) is 122. The standard InChI is InChI=1S/C33H51N5O6S.C32H49N5O6S.C31H47N5O6S/c1-6-9-17-38(36-31(40)18-24(4)5)23-30(39)29(19-25-13-11-10-12-14-25)35-32(41)26-20-27(22-28(21-26)45(34,43)44)33(42)37(15-7-2)16-8-3;1-6-14-36(15-7-2)32(41)26-19-25(20-27(21-26)44(33,42)43)31(40)34-28(18-24-12-10-9-11-13-24)29(38)22-37(16-8-3)35-30(39)17-23(4)5;1-6-14-35(15-7-2)31(40)25-18-24(19-26(20-25)43(32,41)42)30(39)33-27(17-23-12-10-9-11-13-23)28(37)21-36(8-3)34-29(38)16-22(4)5/h10-14,20-22,24,29-30,39H,6-9,15-19,23H2,1-5H3,(H,35,41)(H,36,40)(H2,34,43,44);9-13,19-21,23,28-29,38H,6-8,14-18,22H2,1-5H3,(H,34,40)(H,35,39)(H2,33,42,43);9-13,18-20,22,27-28,37H,6-8,14-17,21H2,1-5H3,(H,33,39)(H,34,38)(H2,32,41,42). The highest BCUT2D eigenvalue weighted by molar-refractivity contribution is 7.89. The third-order valence-corrected chi connectivity index (χ3v) is 23.5. The number of hydrogen-bond donors (Lipinski definition) is 12. The van der Waals surface area contributed by atoms with E-state index in [0.29, 0.717) is 123 Å². The van der Waals surface area contributed by atoms with E-state index >= 15 is 0 Å². The van der Waals surface area contributed by atoms with Crippen LogP contribution in [0.3, 0.4) is 0 Å². The van der Waals surface area contributed by atoms with Crippen molar-refractivity contribution in [3.8, 4) is 0 Å². The Hall–Kier alpha value is -9.96. The van der Waals surface area contributed by atoms with E-state index in [2.05, 4.69) is 32.2 Å². The lowest BCUT2D eigenvalue weighted by atomic mass is 10.00. The van der Waals surface area contributed by atoms with Gasteiger partial charge in [-0.25, -0.2) is 55.7 Å². The van der Waals surface area contributed by atoms with Gasteiger partial charge in [0.2, 0.25) is 47.8 Å². The molecule has 0 fully saturated rings. The number of rotatable bonds is 54. The molecule has 0 spiro atoms. The summed E-state index contributed by atoms with van der Waals surface area (Å²) in [7, 11) is -12.7. The Morgan fingerprint density at radius 3 is 0.780 bits per heavy atom. The van der Waals surface area contributed by atoms with Gasteiger partial charge in [0.05, 0.1) is 51.1 Å². The molecule has 6 aromatic carbocycles. The second-order valence-electron chi connectivity index (χ2n) is 34.4. The van der Waals surface area contributed by atoms with Gasteiger partial charge >= 0.3 is 0 Å². The fourth-order valence-electron chi connectivity index (χ4n) is 14.5. The number of amides is 9. The lowest BCUT2D eigenvalue weighted by Crippen LogP contribution is -2.53. The molecule has 0 heterocycles. The normalized spacial score (nSPS) is 13.0. The van der Waals surface area contributed by atoms with E-state index in [9.17, 15) is 83.7 Å². The number of nitrogens with zero attached hydrogens (tertiary/aromatic N) is 6. The predicted octanol–water partition coefficient (Wildman–Crippen LogP) is 9.26. The Morgan fingerprint density at radius 2 is 0.553 bits per heavy atom. The van der Waals surface area contributed by atoms with Crippen LogP contribution >= 0.6 is 0 Å². The molecule has 0 aromatic heterocycles. The van der Waals surface area contributed by atoms with Crippen molar-refractivity contribution in [1.82, 2.24) is 62.0 Å². The second-order valence-corrected chi connectivity index (χ2v) is 39.1. The van der Waals surface area contributed by atoms with Gasteiger partial charge in [0, 0.05) is 131 Å². The van der Waals surface area contributed by atoms with Gasteiger partial charge in [0.15, 0.2) is 0 Å². The minimum atomic E-state index is -4.25. The number of nitrogens with one attached hydrogen (secondary N) is 6. The molecule has 15 N–H and O–H groups in total. The molecule has 0 saturated carbocycles. The maximum Gasteiger partial charge on any atom is 0.253 e. The maximum atomic E-state index is 13.7. The number of hydrogen-bond acceptors (Lipinski definition) is 21. The molecule has 0 aliphatic heterocycles. The highest BCUT2D eigenvalue weighted by atomic mass is 32.2. The molecular weight excluding hydrogens is 1750 g/mol. The zero-order valence-corrected chi connectivity index (χ0v) is 82.2. The Bertz CT molecular complexity index is 4960. The fraction of sp³-hybridized carbons (Fsp3) is 0.531. The molecule has 6 aromatic rings. The second kappa shape index (κ2) is 58.2. The van der Waals surface area contributed by atoms with Gasteiger partial charge in [0.25, 0.3) is 35.4 Å². The number of nitrogens with two attached hydrogens (primary N) is 3. The van der Waals surface area contributed by atoms with Crippen molar-refractivity contribution >= 4 is 83.2 Å². The summed E-state index contributed by atoms with van der Waals surface area (Å²) >= 11 is 0. The minimum Gasteiger partial charge on any atom is -0.390 e. The number of aliphatic hydroxyl groups excluding tert-OH is 3. The Morgan fingerprint density at radius 1 is 0.318 bits per heavy atom. The molecule has 36 heteroatoms. The largest absolute Gasteiger partial charge is 0.390 e. The summed E-state index contributed by atoms with van der Waals surface area (Å²) in [6, 6.07) is 36.4. The zero-order chi connectivity index (χ0) is 98.6. The number of primary sulfonamides is 3. The average molecular weight is 1900 g/mol. The van der Waals surface area contributed by atoms with Crippen LogP contribution in [0.5, 0.6) is 0 Å². The molecule has 6 unspecified atom stereocenters. The van der Waals surface area contributed by atoms with Crippen LogP contribution in [0.25, 0.3) is 0 Å². The van der Waals surface area contributed by atoms with Crippen molar-refractivity contribution in [3.05, 3.63) is 196 Å². The quantitative estimate of drug-likeness (QED) is 0.0158. The van der Waals surface area contributed by atoms with Gasteiger partial charge in [-0.1, -0.05) is 201 Å². The summed E-state index contributed by atoms with van der Waals surface area (Å²) in [5, 5.41) is 63.9. The van der Waals surface area contributed by atoms with Crippen LogP contribution in [-0.4, -0.2) is 238 Å². The van der Waals surface area contributed by atoms with Crippen LogP contribution in [0.1, 0.15) is 260 Å². The molecule has 9 amide bonds. The first-order valence-corrected chi connectivity index (χ1v) is 50.6. The number of carbonyl (C=O) groups excluding carboxylic acids is 9. The van der Waals surface area contributed by atoms with Crippen molar-refractivity contribution in [2.45, 2.75) is 251 Å². The molecule has 0 saturated heterocycles. The first kappa shape index (κ1) is 114. The van der Waals surface area contributed by atoms with Crippen molar-refractivity contribution in [2.75, 3.05) is 78.5 Å². The van der Waals surface area contributed by atoms with Gasteiger partial charge < -0.3 is 46.0 Å². The van der Waals surface area contributed by atoms with Crippen LogP contribution in [0.4, 0.5) is 0 Å². The summed E-state index contributed by atoms with van der Waals surface area (Å²) in [5.41, 5.74) is 11.0. The van der Waals surface area contributed by atoms with E-state index in [4.69, 9.17) is 15.4 Å². The van der Waals surface area contributed by atoms with Gasteiger partial charge in [-0.05, 0) is 160 Å². The number of carbonyl (C=O) groups is 9. The van der Waals surface area contributed by atoms with Crippen LogP contribution < -0.4 is 47.6 Å². The first-order chi connectivity index (χ1) is 62.3. The lowest BCUT2D eigenvalue weighted by Gasteiger charge is -2.30. The number of sulfonamides is 3. The third-order valence-electron chi connectivity index (χ3n) is 20.8. The number of aliphatic hydroxyl groups is 3. The number of benzene rings is 6. The Kier molecular flexibility index (Phi) is 50.5. The maximum absolute atomic E-state index is 13.7. The molecule has 6 rings (SSSR count). The fourth-order valence-corrected chi connectivity index (χ4v) is 16.2. The molecule has 6 atom stereocenters. The van der Waals surface area contributed by atoms with Crippen LogP contribution in [0.15, 0.2) is 160 Å². The van der Waals surface area contributed by atoms with Crippen molar-refractivity contribution in [3.63, 3.8) is 0 Å². The van der Waals surface area contributed by atoms with E-state index in [1.165, 1.54) is 36.4 Å². The van der Waals surface area contributed by atoms with Gasteiger partial charge in [-0.15, -0.1) is 0 Å². The van der Waals surface area contributed by atoms with Crippen LogP contribution in [0, 0.1) is 17.8 Å². The molecule has 33 nitrogen and oxygen atoms in total. The molecular formula is C96H147N15O18S3. The van der Waals surface area contributed by atoms with Crippen LogP contribution in [0.2, 0.25) is 0 Å². The minimum absolute atomic E-state index is 0.0298.